The lowest BCUT2D eigenvalue weighted by Crippen LogP contribution is -2.26. The molecule has 1 fully saturated rings. The van der Waals surface area contributed by atoms with Gasteiger partial charge in [0.15, 0.2) is 0 Å². The Morgan fingerprint density at radius 1 is 1.17 bits per heavy atom. The van der Waals surface area contributed by atoms with Crippen LogP contribution in [0.15, 0.2) is 42.9 Å². The maximum Gasteiger partial charge on any atom is 0.420 e. The van der Waals surface area contributed by atoms with Crippen molar-refractivity contribution in [3.8, 4) is 11.1 Å². The molecule has 5 rings (SSSR count). The number of halogens is 2. The van der Waals surface area contributed by atoms with E-state index in [0.717, 1.165) is 27.5 Å². The zero-order valence-corrected chi connectivity index (χ0v) is 20.5. The first kappa shape index (κ1) is 23.2. The number of hydrogen-bond donors (Lipinski definition) is 1. The number of amides is 1. The summed E-state index contributed by atoms with van der Waals surface area (Å²) in [5.41, 5.74) is 3.33. The van der Waals surface area contributed by atoms with E-state index in [2.05, 4.69) is 15.3 Å². The Hall–Kier alpha value is -3.52. The van der Waals surface area contributed by atoms with E-state index in [1.807, 2.05) is 52.0 Å². The van der Waals surface area contributed by atoms with Crippen LogP contribution in [0.1, 0.15) is 32.8 Å². The summed E-state index contributed by atoms with van der Waals surface area (Å²) in [7, 11) is 0. The number of carbonyl (C=O) groups excluding carboxylic acids is 2. The number of fused-ring (bicyclic) bond motifs is 2. The van der Waals surface area contributed by atoms with Crippen LogP contribution in [0.4, 0.5) is 15.0 Å². The van der Waals surface area contributed by atoms with E-state index in [-0.39, 0.29) is 12.3 Å². The molecule has 0 unspecified atom stereocenters. The van der Waals surface area contributed by atoms with E-state index in [9.17, 15) is 14.0 Å². The van der Waals surface area contributed by atoms with Gasteiger partial charge in [0.1, 0.15) is 23.9 Å². The smallest absolute Gasteiger partial charge is 0.420 e. The summed E-state index contributed by atoms with van der Waals surface area (Å²) in [6, 6.07) is 9.32. The molecule has 1 aliphatic carbocycles. The molecule has 180 valence electrons. The standard InChI is InChI=1S/C26H24ClFN4O3/c1-13-5-22-21(30-12-32(22)25(34)35-26(2,3)4)10-16(13)14-6-15-8-23(29-11-18(15)19(27)7-14)31-24(33)17-9-20(17)28/h5-8,10-12,17,20H,9H2,1-4H3,(H,29,31,33)/t17-,20+/m1/s1. The van der Waals surface area contributed by atoms with Gasteiger partial charge in [-0.15, -0.1) is 0 Å². The number of carbonyl (C=O) groups is 2. The molecule has 1 amide bonds. The van der Waals surface area contributed by atoms with E-state index in [4.69, 9.17) is 16.3 Å². The first-order valence-electron chi connectivity index (χ1n) is 11.3. The van der Waals surface area contributed by atoms with Crippen molar-refractivity contribution in [1.29, 1.82) is 0 Å². The number of hydrogen-bond acceptors (Lipinski definition) is 5. The van der Waals surface area contributed by atoms with Crippen LogP contribution in [-0.4, -0.2) is 38.3 Å². The summed E-state index contributed by atoms with van der Waals surface area (Å²) in [5, 5.41) is 4.70. The molecule has 0 bridgehead atoms. The van der Waals surface area contributed by atoms with Crippen molar-refractivity contribution in [1.82, 2.24) is 14.5 Å². The maximum atomic E-state index is 13.2. The van der Waals surface area contributed by atoms with Crippen LogP contribution in [0.5, 0.6) is 0 Å². The summed E-state index contributed by atoms with van der Waals surface area (Å²) in [6.45, 7) is 7.38. The van der Waals surface area contributed by atoms with Crippen LogP contribution in [0.25, 0.3) is 32.9 Å². The quantitative estimate of drug-likeness (QED) is 0.361. The molecule has 1 aliphatic rings. The van der Waals surface area contributed by atoms with Crippen LogP contribution in [-0.2, 0) is 9.53 Å². The third kappa shape index (κ3) is 4.58. The van der Waals surface area contributed by atoms with Crippen molar-refractivity contribution in [2.24, 2.45) is 5.92 Å². The lowest BCUT2D eigenvalue weighted by Gasteiger charge is -2.19. The summed E-state index contributed by atoms with van der Waals surface area (Å²) in [4.78, 5) is 33.4. The third-order valence-corrected chi connectivity index (χ3v) is 6.19. The second kappa shape index (κ2) is 8.30. The van der Waals surface area contributed by atoms with E-state index < -0.39 is 23.8 Å². The topological polar surface area (TPSA) is 86.1 Å². The molecule has 2 heterocycles. The molecule has 2 aromatic heterocycles. The zero-order valence-electron chi connectivity index (χ0n) is 19.7. The number of nitrogens with zero attached hydrogens (tertiary/aromatic N) is 3. The van der Waals surface area contributed by atoms with Gasteiger partial charge in [-0.3, -0.25) is 4.79 Å². The van der Waals surface area contributed by atoms with Crippen molar-refractivity contribution in [2.75, 3.05) is 5.32 Å². The SMILES string of the molecule is Cc1cc2c(cc1-c1cc(Cl)c3cnc(NC(=O)[C@@H]4C[C@@H]4F)cc3c1)ncn2C(=O)OC(C)(C)C. The number of aromatic nitrogens is 3. The highest BCUT2D eigenvalue weighted by Gasteiger charge is 2.43. The number of benzene rings is 2. The predicted octanol–water partition coefficient (Wildman–Crippen LogP) is 6.29. The molecule has 2 atom stereocenters. The van der Waals surface area contributed by atoms with Crippen LogP contribution >= 0.6 is 11.6 Å². The Balaban J connectivity index is 1.51. The van der Waals surface area contributed by atoms with Gasteiger partial charge in [0.05, 0.1) is 22.0 Å². The minimum Gasteiger partial charge on any atom is -0.443 e. The van der Waals surface area contributed by atoms with Crippen LogP contribution in [0.2, 0.25) is 5.02 Å². The van der Waals surface area contributed by atoms with Crippen molar-refractivity contribution in [3.63, 3.8) is 0 Å². The molecule has 0 radical (unpaired) electrons. The molecule has 2 aromatic carbocycles. The van der Waals surface area contributed by atoms with Gasteiger partial charge in [0, 0.05) is 11.6 Å². The normalized spacial score (nSPS) is 17.5. The number of nitrogens with one attached hydrogen (secondary N) is 1. The molecule has 0 aliphatic heterocycles. The van der Waals surface area contributed by atoms with Gasteiger partial charge in [-0.1, -0.05) is 11.6 Å². The van der Waals surface area contributed by atoms with Crippen molar-refractivity contribution < 1.29 is 18.7 Å². The number of imidazole rings is 1. The Bertz CT molecular complexity index is 1510. The molecule has 35 heavy (non-hydrogen) atoms. The van der Waals surface area contributed by atoms with E-state index in [1.54, 1.807) is 12.3 Å². The molecular formula is C26H24ClFN4O3. The highest BCUT2D eigenvalue weighted by Crippen LogP contribution is 2.36. The van der Waals surface area contributed by atoms with Gasteiger partial charge >= 0.3 is 6.09 Å². The minimum atomic E-state index is -1.08. The highest BCUT2D eigenvalue weighted by molar-refractivity contribution is 6.36. The van der Waals surface area contributed by atoms with Crippen LogP contribution in [0.3, 0.4) is 0 Å². The Morgan fingerprint density at radius 3 is 2.60 bits per heavy atom. The van der Waals surface area contributed by atoms with Gasteiger partial charge in [-0.2, -0.15) is 0 Å². The number of ether oxygens (including phenoxy) is 1. The second-order valence-electron chi connectivity index (χ2n) is 9.85. The summed E-state index contributed by atoms with van der Waals surface area (Å²) < 4.78 is 20.1. The number of rotatable bonds is 3. The zero-order chi connectivity index (χ0) is 25.1. The van der Waals surface area contributed by atoms with Crippen LogP contribution < -0.4 is 5.32 Å². The summed E-state index contributed by atoms with van der Waals surface area (Å²) >= 11 is 6.57. The number of alkyl halides is 1. The largest absolute Gasteiger partial charge is 0.443 e. The Labute approximate surface area is 206 Å². The molecule has 0 spiro atoms. The van der Waals surface area contributed by atoms with Gasteiger partial charge in [0.2, 0.25) is 5.91 Å². The van der Waals surface area contributed by atoms with Gasteiger partial charge < -0.3 is 10.1 Å². The van der Waals surface area contributed by atoms with Gasteiger partial charge in [-0.05, 0) is 86.5 Å². The molecule has 9 heteroatoms. The lowest BCUT2D eigenvalue weighted by molar-refractivity contribution is -0.117. The average molecular weight is 495 g/mol. The Morgan fingerprint density at radius 2 is 1.91 bits per heavy atom. The minimum absolute atomic E-state index is 0.251. The summed E-state index contributed by atoms with van der Waals surface area (Å²) in [6.07, 6.45) is 1.73. The fraction of sp³-hybridized carbons (Fsp3) is 0.308. The van der Waals surface area contributed by atoms with E-state index in [1.165, 1.54) is 10.9 Å². The first-order chi connectivity index (χ1) is 16.5. The molecule has 7 nitrogen and oxygen atoms in total. The van der Waals surface area contributed by atoms with Gasteiger partial charge in [0.25, 0.3) is 0 Å². The second-order valence-corrected chi connectivity index (χ2v) is 10.3. The fourth-order valence-corrected chi connectivity index (χ4v) is 4.29. The molecule has 1 saturated carbocycles. The number of aryl methyl sites for hydroxylation is 1. The Kier molecular flexibility index (Phi) is 5.51. The third-order valence-electron chi connectivity index (χ3n) is 5.88. The molecular weight excluding hydrogens is 471 g/mol. The predicted molar refractivity (Wildman–Crippen MR) is 133 cm³/mol. The van der Waals surface area contributed by atoms with Crippen LogP contribution in [0, 0.1) is 12.8 Å². The first-order valence-corrected chi connectivity index (χ1v) is 11.6. The monoisotopic (exact) mass is 494 g/mol. The average Bonchev–Trinajstić information content (AvgIpc) is 3.36. The van der Waals surface area contributed by atoms with Crippen molar-refractivity contribution in [3.05, 3.63) is 53.4 Å². The van der Waals surface area contributed by atoms with E-state index in [0.29, 0.717) is 21.9 Å². The van der Waals surface area contributed by atoms with Gasteiger partial charge in [-0.25, -0.2) is 23.7 Å². The van der Waals surface area contributed by atoms with E-state index >= 15 is 0 Å². The van der Waals surface area contributed by atoms with Crippen molar-refractivity contribution in [2.45, 2.75) is 45.9 Å². The summed E-state index contributed by atoms with van der Waals surface area (Å²) in [5.74, 6) is -0.621. The molecule has 4 aromatic rings. The lowest BCUT2D eigenvalue weighted by atomic mass is 9.97. The molecule has 0 saturated heterocycles. The van der Waals surface area contributed by atoms with Crippen molar-refractivity contribution >= 4 is 51.2 Å². The number of pyridine rings is 1. The maximum absolute atomic E-state index is 13.2. The number of anilines is 1. The molecule has 1 N–H and O–H groups in total. The fourth-order valence-electron chi connectivity index (χ4n) is 4.02. The highest BCUT2D eigenvalue weighted by atomic mass is 35.5.